The van der Waals surface area contributed by atoms with Gasteiger partial charge in [0.1, 0.15) is 5.75 Å². The van der Waals surface area contributed by atoms with Gasteiger partial charge in [0.15, 0.2) is 0 Å². The maximum Gasteiger partial charge on any atom is 0.319 e. The van der Waals surface area contributed by atoms with E-state index in [1.165, 1.54) is 25.7 Å². The molecule has 6 heteroatoms. The lowest BCUT2D eigenvalue weighted by molar-refractivity contribution is -0.119. The van der Waals surface area contributed by atoms with E-state index >= 15 is 0 Å². The zero-order chi connectivity index (χ0) is 18.4. The number of carbonyl (C=O) groups is 2. The molecular formula is C20H29N3O3. The fourth-order valence-corrected chi connectivity index (χ4v) is 3.82. The molecule has 1 heterocycles. The Hall–Kier alpha value is -2.24. The lowest BCUT2D eigenvalue weighted by atomic mass is 10.1. The third-order valence-electron chi connectivity index (χ3n) is 5.24. The molecule has 3 rings (SSSR count). The summed E-state index contributed by atoms with van der Waals surface area (Å²) in [5.74, 6) is 0.754. The molecule has 1 saturated heterocycles. The minimum Gasteiger partial charge on any atom is -0.495 e. The monoisotopic (exact) mass is 359 g/mol. The number of nitrogens with zero attached hydrogens (tertiary/aromatic N) is 1. The molecule has 0 radical (unpaired) electrons. The third kappa shape index (κ3) is 4.68. The number of nitrogens with one attached hydrogen (secondary N) is 2. The van der Waals surface area contributed by atoms with Gasteiger partial charge in [-0.3, -0.25) is 4.79 Å². The van der Waals surface area contributed by atoms with Crippen LogP contribution in [0.3, 0.4) is 0 Å². The fraction of sp³-hybridized carbons (Fsp3) is 0.600. The molecule has 2 N–H and O–H groups in total. The first-order valence-electron chi connectivity index (χ1n) is 9.73. The van der Waals surface area contributed by atoms with E-state index in [0.29, 0.717) is 24.4 Å². The number of carbonyl (C=O) groups excluding carboxylic acids is 2. The van der Waals surface area contributed by atoms with Gasteiger partial charge in [-0.1, -0.05) is 25.7 Å². The molecule has 3 amide bonds. The van der Waals surface area contributed by atoms with Gasteiger partial charge in [-0.15, -0.1) is 0 Å². The van der Waals surface area contributed by atoms with Gasteiger partial charge in [0.25, 0.3) is 0 Å². The lowest BCUT2D eigenvalue weighted by Crippen LogP contribution is -2.38. The molecule has 142 valence electrons. The number of hydrogen-bond donors (Lipinski definition) is 2. The first kappa shape index (κ1) is 18.5. The number of ether oxygens (including phenoxy) is 1. The minimum absolute atomic E-state index is 0.106. The second-order valence-corrected chi connectivity index (χ2v) is 7.18. The SMILES string of the molecule is COc1ccc(NC(=O)NC2CCCCCC2)cc1N1CCCCC1=O. The Morgan fingerprint density at radius 2 is 1.88 bits per heavy atom. The average molecular weight is 359 g/mol. The summed E-state index contributed by atoms with van der Waals surface area (Å²) in [6, 6.07) is 5.51. The normalized spacial score (nSPS) is 19.0. The second kappa shape index (κ2) is 8.92. The van der Waals surface area contributed by atoms with E-state index in [4.69, 9.17) is 4.74 Å². The van der Waals surface area contributed by atoms with Crippen LogP contribution in [0.5, 0.6) is 5.75 Å². The topological polar surface area (TPSA) is 70.7 Å². The van der Waals surface area contributed by atoms with Crippen LogP contribution < -0.4 is 20.3 Å². The molecule has 1 saturated carbocycles. The molecular weight excluding hydrogens is 330 g/mol. The number of amides is 3. The van der Waals surface area contributed by atoms with Gasteiger partial charge >= 0.3 is 6.03 Å². The molecule has 0 aromatic heterocycles. The highest BCUT2D eigenvalue weighted by Crippen LogP contribution is 2.33. The Morgan fingerprint density at radius 1 is 1.12 bits per heavy atom. The summed E-state index contributed by atoms with van der Waals surface area (Å²) in [4.78, 5) is 26.4. The summed E-state index contributed by atoms with van der Waals surface area (Å²) in [5, 5.41) is 5.99. The summed E-state index contributed by atoms with van der Waals surface area (Å²) in [7, 11) is 1.60. The molecule has 0 spiro atoms. The van der Waals surface area contributed by atoms with Crippen molar-refractivity contribution in [1.29, 1.82) is 0 Å². The summed E-state index contributed by atoms with van der Waals surface area (Å²) in [6.07, 6.45) is 9.42. The van der Waals surface area contributed by atoms with Crippen LogP contribution in [0.4, 0.5) is 16.2 Å². The molecule has 1 aliphatic heterocycles. The third-order valence-corrected chi connectivity index (χ3v) is 5.24. The Bertz CT molecular complexity index is 639. The van der Waals surface area contributed by atoms with Crippen molar-refractivity contribution < 1.29 is 14.3 Å². The van der Waals surface area contributed by atoms with Crippen LogP contribution in [-0.4, -0.2) is 31.6 Å². The highest BCUT2D eigenvalue weighted by molar-refractivity contribution is 5.97. The average Bonchev–Trinajstić information content (AvgIpc) is 2.90. The van der Waals surface area contributed by atoms with Crippen molar-refractivity contribution in [2.45, 2.75) is 63.8 Å². The molecule has 0 atom stereocenters. The standard InChI is InChI=1S/C20H29N3O3/c1-26-18-12-11-16(14-17(18)23-13-7-6-10-19(23)24)22-20(25)21-15-8-4-2-3-5-9-15/h11-12,14-15H,2-10,13H2,1H3,(H2,21,22,25). The molecule has 0 bridgehead atoms. The molecule has 6 nitrogen and oxygen atoms in total. The summed E-state index contributed by atoms with van der Waals surface area (Å²) in [6.45, 7) is 0.687. The van der Waals surface area contributed by atoms with Crippen LogP contribution in [-0.2, 0) is 4.79 Å². The zero-order valence-corrected chi connectivity index (χ0v) is 15.6. The zero-order valence-electron chi connectivity index (χ0n) is 15.6. The van der Waals surface area contributed by atoms with Crippen molar-refractivity contribution in [3.05, 3.63) is 18.2 Å². The maximum absolute atomic E-state index is 12.4. The van der Waals surface area contributed by atoms with Crippen molar-refractivity contribution in [3.8, 4) is 5.75 Å². The molecule has 26 heavy (non-hydrogen) atoms. The summed E-state index contributed by atoms with van der Waals surface area (Å²) < 4.78 is 5.42. The van der Waals surface area contributed by atoms with Gasteiger partial charge < -0.3 is 20.3 Å². The predicted molar refractivity (Wildman–Crippen MR) is 103 cm³/mol. The number of piperidine rings is 1. The van der Waals surface area contributed by atoms with Crippen LogP contribution in [0, 0.1) is 0 Å². The number of hydrogen-bond acceptors (Lipinski definition) is 3. The van der Waals surface area contributed by atoms with Crippen molar-refractivity contribution in [2.24, 2.45) is 0 Å². The Labute approximate surface area is 155 Å². The van der Waals surface area contributed by atoms with Crippen molar-refractivity contribution in [2.75, 3.05) is 23.9 Å². The second-order valence-electron chi connectivity index (χ2n) is 7.18. The van der Waals surface area contributed by atoms with Crippen LogP contribution in [0.25, 0.3) is 0 Å². The highest BCUT2D eigenvalue weighted by Gasteiger charge is 2.23. The Balaban J connectivity index is 1.68. The number of rotatable bonds is 4. The smallest absolute Gasteiger partial charge is 0.319 e. The Morgan fingerprint density at radius 3 is 2.58 bits per heavy atom. The van der Waals surface area contributed by atoms with Gasteiger partial charge in [-0.2, -0.15) is 0 Å². The minimum atomic E-state index is -0.182. The predicted octanol–water partition coefficient (Wildman–Crippen LogP) is 4.06. The van der Waals surface area contributed by atoms with E-state index in [1.54, 1.807) is 18.1 Å². The number of benzene rings is 1. The number of anilines is 2. The van der Waals surface area contributed by atoms with Gasteiger partial charge in [0.05, 0.1) is 12.8 Å². The number of methoxy groups -OCH3 is 1. The quantitative estimate of drug-likeness (QED) is 0.797. The lowest BCUT2D eigenvalue weighted by Gasteiger charge is -2.28. The van der Waals surface area contributed by atoms with Crippen molar-refractivity contribution in [1.82, 2.24) is 5.32 Å². The Kier molecular flexibility index (Phi) is 6.36. The van der Waals surface area contributed by atoms with Crippen LogP contribution >= 0.6 is 0 Å². The van der Waals surface area contributed by atoms with E-state index < -0.39 is 0 Å². The summed E-state index contributed by atoms with van der Waals surface area (Å²) >= 11 is 0. The molecule has 2 fully saturated rings. The largest absolute Gasteiger partial charge is 0.495 e. The van der Waals surface area contributed by atoms with Crippen LogP contribution in [0.1, 0.15) is 57.8 Å². The van der Waals surface area contributed by atoms with Gasteiger partial charge in [0, 0.05) is 24.7 Å². The summed E-state index contributed by atoms with van der Waals surface area (Å²) in [5.41, 5.74) is 1.40. The molecule has 0 unspecified atom stereocenters. The van der Waals surface area contributed by atoms with E-state index in [-0.39, 0.29) is 18.0 Å². The van der Waals surface area contributed by atoms with Crippen LogP contribution in [0.2, 0.25) is 0 Å². The van der Waals surface area contributed by atoms with Gasteiger partial charge in [0.2, 0.25) is 5.91 Å². The molecule has 1 aromatic rings. The molecule has 1 aromatic carbocycles. The van der Waals surface area contributed by atoms with E-state index in [9.17, 15) is 9.59 Å². The van der Waals surface area contributed by atoms with Crippen LogP contribution in [0.15, 0.2) is 18.2 Å². The molecule has 1 aliphatic carbocycles. The van der Waals surface area contributed by atoms with Crippen molar-refractivity contribution >= 4 is 23.3 Å². The first-order valence-corrected chi connectivity index (χ1v) is 9.73. The van der Waals surface area contributed by atoms with Gasteiger partial charge in [-0.25, -0.2) is 4.79 Å². The molecule has 2 aliphatic rings. The van der Waals surface area contributed by atoms with E-state index in [2.05, 4.69) is 10.6 Å². The van der Waals surface area contributed by atoms with E-state index in [1.807, 2.05) is 12.1 Å². The highest BCUT2D eigenvalue weighted by atomic mass is 16.5. The van der Waals surface area contributed by atoms with Gasteiger partial charge in [-0.05, 0) is 43.9 Å². The number of urea groups is 1. The first-order chi connectivity index (χ1) is 12.7. The maximum atomic E-state index is 12.4. The fourth-order valence-electron chi connectivity index (χ4n) is 3.82. The van der Waals surface area contributed by atoms with Crippen molar-refractivity contribution in [3.63, 3.8) is 0 Å². The van der Waals surface area contributed by atoms with E-state index in [0.717, 1.165) is 31.4 Å².